The number of aromatic nitrogens is 1. The van der Waals surface area contributed by atoms with Gasteiger partial charge < -0.3 is 10.2 Å². The third kappa shape index (κ3) is 2.37. The van der Waals surface area contributed by atoms with Gasteiger partial charge in [-0.15, -0.1) is 0 Å². The molecule has 1 N–H and O–H groups in total. The van der Waals surface area contributed by atoms with E-state index >= 15 is 0 Å². The van der Waals surface area contributed by atoms with Crippen LogP contribution in [0, 0.1) is 0 Å². The second kappa shape index (κ2) is 5.74. The number of rotatable bonds is 2. The van der Waals surface area contributed by atoms with Crippen LogP contribution in [0.15, 0.2) is 48.8 Å². The topological polar surface area (TPSA) is 62.3 Å². The first-order chi connectivity index (χ1) is 11.7. The number of fused-ring (bicyclic) bond motifs is 2. The summed E-state index contributed by atoms with van der Waals surface area (Å²) in [6.45, 7) is 1.22. The van der Waals surface area contributed by atoms with Gasteiger partial charge in [-0.1, -0.05) is 24.3 Å². The van der Waals surface area contributed by atoms with E-state index in [1.54, 1.807) is 12.4 Å². The van der Waals surface area contributed by atoms with Gasteiger partial charge in [-0.2, -0.15) is 0 Å². The Labute approximate surface area is 140 Å². The van der Waals surface area contributed by atoms with Crippen LogP contribution >= 0.6 is 0 Å². The van der Waals surface area contributed by atoms with E-state index in [1.165, 1.54) is 0 Å². The number of benzene rings is 1. The summed E-state index contributed by atoms with van der Waals surface area (Å²) in [5.41, 5.74) is 2.44. The van der Waals surface area contributed by atoms with Crippen LogP contribution in [0.4, 0.5) is 5.69 Å². The first kappa shape index (κ1) is 14.9. The van der Waals surface area contributed by atoms with E-state index in [1.807, 2.05) is 41.3 Å². The number of carbonyl (C=O) groups is 2. The molecule has 1 spiro atoms. The van der Waals surface area contributed by atoms with Crippen molar-refractivity contribution < 1.29 is 9.59 Å². The third-order valence-electron chi connectivity index (χ3n) is 5.17. The van der Waals surface area contributed by atoms with Gasteiger partial charge in [-0.25, -0.2) is 0 Å². The third-order valence-corrected chi connectivity index (χ3v) is 5.17. The first-order valence-electron chi connectivity index (χ1n) is 8.27. The highest BCUT2D eigenvalue weighted by molar-refractivity contribution is 6.06. The minimum absolute atomic E-state index is 0.0723. The summed E-state index contributed by atoms with van der Waals surface area (Å²) < 4.78 is 0. The van der Waals surface area contributed by atoms with Crippen molar-refractivity contribution in [3.05, 3.63) is 59.9 Å². The number of likely N-dealkylation sites (tertiary alicyclic amines) is 1. The zero-order valence-electron chi connectivity index (χ0n) is 13.4. The quantitative estimate of drug-likeness (QED) is 0.922. The molecule has 5 heteroatoms. The Morgan fingerprint density at radius 2 is 1.96 bits per heavy atom. The Morgan fingerprint density at radius 1 is 1.17 bits per heavy atom. The van der Waals surface area contributed by atoms with Crippen molar-refractivity contribution >= 4 is 17.5 Å². The SMILES string of the molecule is O=C(Cc1cccnc1)N1CCC2(CC1)C(=O)Nc1ccccc12. The second-order valence-corrected chi connectivity index (χ2v) is 6.50. The summed E-state index contributed by atoms with van der Waals surface area (Å²) in [6, 6.07) is 11.6. The summed E-state index contributed by atoms with van der Waals surface area (Å²) >= 11 is 0. The van der Waals surface area contributed by atoms with Gasteiger partial charge in [-0.05, 0) is 36.1 Å². The fraction of sp³-hybridized carbons (Fsp3) is 0.316. The molecule has 0 radical (unpaired) electrons. The number of nitrogens with zero attached hydrogens (tertiary/aromatic N) is 2. The Bertz CT molecular complexity index is 780. The zero-order valence-corrected chi connectivity index (χ0v) is 13.4. The van der Waals surface area contributed by atoms with Crippen molar-refractivity contribution in [2.45, 2.75) is 24.7 Å². The molecule has 0 saturated carbocycles. The van der Waals surface area contributed by atoms with Crippen molar-refractivity contribution in [1.82, 2.24) is 9.88 Å². The van der Waals surface area contributed by atoms with Gasteiger partial charge in [0, 0.05) is 31.2 Å². The molecule has 0 atom stereocenters. The molecule has 2 aliphatic heterocycles. The number of nitrogens with one attached hydrogen (secondary N) is 1. The Hall–Kier alpha value is -2.69. The van der Waals surface area contributed by atoms with Gasteiger partial charge in [0.1, 0.15) is 0 Å². The molecule has 0 bridgehead atoms. The van der Waals surface area contributed by atoms with Gasteiger partial charge in [-0.3, -0.25) is 14.6 Å². The smallest absolute Gasteiger partial charge is 0.235 e. The lowest BCUT2D eigenvalue weighted by atomic mass is 9.73. The van der Waals surface area contributed by atoms with Crippen molar-refractivity contribution in [2.24, 2.45) is 0 Å². The van der Waals surface area contributed by atoms with Crippen molar-refractivity contribution in [3.8, 4) is 0 Å². The minimum atomic E-state index is -0.471. The second-order valence-electron chi connectivity index (χ2n) is 6.50. The van der Waals surface area contributed by atoms with Crippen molar-refractivity contribution in [2.75, 3.05) is 18.4 Å². The van der Waals surface area contributed by atoms with E-state index < -0.39 is 5.41 Å². The molecule has 3 heterocycles. The first-order valence-corrected chi connectivity index (χ1v) is 8.27. The minimum Gasteiger partial charge on any atom is -0.342 e. The van der Waals surface area contributed by atoms with Gasteiger partial charge in [0.05, 0.1) is 11.8 Å². The molecule has 2 aliphatic rings. The van der Waals surface area contributed by atoms with Crippen LogP contribution in [0.5, 0.6) is 0 Å². The van der Waals surface area contributed by atoms with Crippen LogP contribution < -0.4 is 5.32 Å². The number of pyridine rings is 1. The highest BCUT2D eigenvalue weighted by Crippen LogP contribution is 2.44. The van der Waals surface area contributed by atoms with Crippen LogP contribution in [0.1, 0.15) is 24.0 Å². The molecule has 1 aromatic heterocycles. The van der Waals surface area contributed by atoms with E-state index in [0.29, 0.717) is 32.4 Å². The normalized spacial score (nSPS) is 18.3. The maximum atomic E-state index is 12.6. The number of hydrogen-bond acceptors (Lipinski definition) is 3. The van der Waals surface area contributed by atoms with Crippen LogP contribution in [0.2, 0.25) is 0 Å². The van der Waals surface area contributed by atoms with E-state index in [9.17, 15) is 9.59 Å². The highest BCUT2D eigenvalue weighted by Gasteiger charge is 2.48. The molecule has 24 heavy (non-hydrogen) atoms. The van der Waals surface area contributed by atoms with Gasteiger partial charge >= 0.3 is 0 Å². The molecule has 5 nitrogen and oxygen atoms in total. The summed E-state index contributed by atoms with van der Waals surface area (Å²) in [5.74, 6) is 0.174. The molecule has 1 fully saturated rings. The fourth-order valence-electron chi connectivity index (χ4n) is 3.80. The van der Waals surface area contributed by atoms with Crippen LogP contribution in [-0.2, 0) is 21.4 Å². The van der Waals surface area contributed by atoms with E-state index in [2.05, 4.69) is 10.3 Å². The van der Waals surface area contributed by atoms with Gasteiger partial charge in [0.15, 0.2) is 0 Å². The highest BCUT2D eigenvalue weighted by atomic mass is 16.2. The number of hydrogen-bond donors (Lipinski definition) is 1. The monoisotopic (exact) mass is 321 g/mol. The Kier molecular flexibility index (Phi) is 3.56. The zero-order chi connectivity index (χ0) is 16.6. The van der Waals surface area contributed by atoms with Crippen LogP contribution in [0.3, 0.4) is 0 Å². The van der Waals surface area contributed by atoms with E-state index in [4.69, 9.17) is 0 Å². The molecule has 0 unspecified atom stereocenters. The molecule has 4 rings (SSSR count). The number of amides is 2. The summed E-state index contributed by atoms with van der Waals surface area (Å²) in [6.07, 6.45) is 5.14. The summed E-state index contributed by atoms with van der Waals surface area (Å²) in [5, 5.41) is 2.99. The molecular weight excluding hydrogens is 302 g/mol. The summed E-state index contributed by atoms with van der Waals surface area (Å²) in [4.78, 5) is 31.0. The standard InChI is InChI=1S/C19H19N3O2/c23-17(12-14-4-3-9-20-13-14)22-10-7-19(8-11-22)15-5-1-2-6-16(15)21-18(19)24/h1-6,9,13H,7-8,10-12H2,(H,21,24). The number of para-hydroxylation sites is 1. The average molecular weight is 321 g/mol. The molecule has 2 aromatic rings. The van der Waals surface area contributed by atoms with Gasteiger partial charge in [0.25, 0.3) is 0 Å². The van der Waals surface area contributed by atoms with Gasteiger partial charge in [0.2, 0.25) is 11.8 Å². The summed E-state index contributed by atoms with van der Waals surface area (Å²) in [7, 11) is 0. The number of anilines is 1. The predicted molar refractivity (Wildman–Crippen MR) is 90.5 cm³/mol. The molecular formula is C19H19N3O2. The van der Waals surface area contributed by atoms with E-state index in [0.717, 1.165) is 16.8 Å². The fourth-order valence-corrected chi connectivity index (χ4v) is 3.80. The van der Waals surface area contributed by atoms with E-state index in [-0.39, 0.29) is 11.8 Å². The van der Waals surface area contributed by atoms with Crippen molar-refractivity contribution in [1.29, 1.82) is 0 Å². The lowest BCUT2D eigenvalue weighted by molar-refractivity contribution is -0.134. The molecule has 0 aliphatic carbocycles. The Balaban J connectivity index is 1.47. The maximum absolute atomic E-state index is 12.6. The van der Waals surface area contributed by atoms with Crippen LogP contribution in [0.25, 0.3) is 0 Å². The predicted octanol–water partition coefficient (Wildman–Crippen LogP) is 2.14. The maximum Gasteiger partial charge on any atom is 0.235 e. The van der Waals surface area contributed by atoms with Crippen molar-refractivity contribution in [3.63, 3.8) is 0 Å². The average Bonchev–Trinajstić information content (AvgIpc) is 2.88. The molecule has 2 amide bonds. The van der Waals surface area contributed by atoms with Crippen LogP contribution in [-0.4, -0.2) is 34.8 Å². The molecule has 1 saturated heterocycles. The number of carbonyl (C=O) groups excluding carboxylic acids is 2. The Morgan fingerprint density at radius 3 is 2.71 bits per heavy atom. The number of piperidine rings is 1. The lowest BCUT2D eigenvalue weighted by Crippen LogP contribution is -2.48. The molecule has 1 aromatic carbocycles. The lowest BCUT2D eigenvalue weighted by Gasteiger charge is -2.38. The largest absolute Gasteiger partial charge is 0.342 e. The molecule has 122 valence electrons.